The van der Waals surface area contributed by atoms with Crippen molar-refractivity contribution in [2.45, 2.75) is 24.7 Å². The molecule has 0 amide bonds. The molecule has 6 nitrogen and oxygen atoms in total. The molecule has 0 spiro atoms. The predicted octanol–water partition coefficient (Wildman–Crippen LogP) is 1.80. The van der Waals surface area contributed by atoms with Gasteiger partial charge in [-0.05, 0) is 49.8 Å². The number of sulfonamides is 1. The van der Waals surface area contributed by atoms with Gasteiger partial charge in [-0.3, -0.25) is 4.99 Å². The van der Waals surface area contributed by atoms with Crippen LogP contribution in [-0.4, -0.2) is 52.6 Å². The highest BCUT2D eigenvalue weighted by molar-refractivity contribution is 7.99. The Balaban J connectivity index is 2.21. The Bertz CT molecular complexity index is 622. The molecule has 0 fully saturated rings. The number of rotatable bonds is 11. The van der Waals surface area contributed by atoms with Crippen LogP contribution in [0.3, 0.4) is 0 Å². The fourth-order valence-electron chi connectivity index (χ4n) is 1.87. The Hall–Kier alpha value is -1.32. The van der Waals surface area contributed by atoms with Gasteiger partial charge in [0.1, 0.15) is 5.82 Å². The van der Waals surface area contributed by atoms with Gasteiger partial charge < -0.3 is 10.6 Å². The summed E-state index contributed by atoms with van der Waals surface area (Å²) in [6.07, 6.45) is 2.74. The fourth-order valence-corrected chi connectivity index (χ4v) is 3.22. The molecule has 142 valence electrons. The van der Waals surface area contributed by atoms with E-state index < -0.39 is 10.0 Å². The standard InChI is InChI=1S/C16H27FN4O2S2/c1-3-18-16(19-10-4-12-21-25(2,22)23)20-11-5-13-24-15-8-6-14(17)7-9-15/h6-9,21H,3-5,10-13H2,1-2H3,(H2,18,19,20). The van der Waals surface area contributed by atoms with E-state index in [1.165, 1.54) is 12.1 Å². The third-order valence-corrected chi connectivity index (χ3v) is 4.84. The van der Waals surface area contributed by atoms with Gasteiger partial charge in [0.15, 0.2) is 5.96 Å². The quantitative estimate of drug-likeness (QED) is 0.232. The lowest BCUT2D eigenvalue weighted by molar-refractivity contribution is 0.584. The Morgan fingerprint density at radius 2 is 1.88 bits per heavy atom. The zero-order valence-electron chi connectivity index (χ0n) is 14.7. The van der Waals surface area contributed by atoms with Gasteiger partial charge in [-0.1, -0.05) is 0 Å². The van der Waals surface area contributed by atoms with E-state index in [1.54, 1.807) is 23.9 Å². The van der Waals surface area contributed by atoms with Gasteiger partial charge >= 0.3 is 0 Å². The van der Waals surface area contributed by atoms with Gasteiger partial charge in [-0.2, -0.15) is 0 Å². The maximum absolute atomic E-state index is 12.8. The molecule has 0 saturated heterocycles. The van der Waals surface area contributed by atoms with Gasteiger partial charge in [0.05, 0.1) is 6.26 Å². The monoisotopic (exact) mass is 390 g/mol. The van der Waals surface area contributed by atoms with Crippen molar-refractivity contribution in [3.8, 4) is 0 Å². The molecule has 1 rings (SSSR count). The maximum atomic E-state index is 12.8. The number of benzene rings is 1. The van der Waals surface area contributed by atoms with E-state index in [0.717, 1.165) is 35.8 Å². The summed E-state index contributed by atoms with van der Waals surface area (Å²) in [4.78, 5) is 5.54. The minimum atomic E-state index is -3.13. The van der Waals surface area contributed by atoms with Crippen molar-refractivity contribution in [1.82, 2.24) is 15.4 Å². The number of guanidine groups is 1. The molecule has 9 heteroatoms. The van der Waals surface area contributed by atoms with E-state index in [1.807, 2.05) is 6.92 Å². The first-order valence-electron chi connectivity index (χ1n) is 8.26. The number of hydrogen-bond donors (Lipinski definition) is 3. The third kappa shape index (κ3) is 11.8. The molecular weight excluding hydrogens is 363 g/mol. The highest BCUT2D eigenvalue weighted by Gasteiger charge is 2.00. The Morgan fingerprint density at radius 1 is 1.16 bits per heavy atom. The van der Waals surface area contributed by atoms with Crippen LogP contribution in [0.4, 0.5) is 4.39 Å². The van der Waals surface area contributed by atoms with Crippen molar-refractivity contribution < 1.29 is 12.8 Å². The normalized spacial score (nSPS) is 12.2. The van der Waals surface area contributed by atoms with Crippen LogP contribution in [0.5, 0.6) is 0 Å². The molecule has 0 unspecified atom stereocenters. The molecule has 0 radical (unpaired) electrons. The number of nitrogens with one attached hydrogen (secondary N) is 3. The number of nitrogens with zero attached hydrogens (tertiary/aromatic N) is 1. The van der Waals surface area contributed by atoms with E-state index in [4.69, 9.17) is 0 Å². The van der Waals surface area contributed by atoms with Gasteiger partial charge in [0, 0.05) is 31.1 Å². The predicted molar refractivity (Wildman–Crippen MR) is 103 cm³/mol. The summed E-state index contributed by atoms with van der Waals surface area (Å²) in [5, 5.41) is 6.33. The van der Waals surface area contributed by atoms with Crippen molar-refractivity contribution in [2.24, 2.45) is 4.99 Å². The average Bonchev–Trinajstić information content (AvgIpc) is 2.54. The van der Waals surface area contributed by atoms with Crippen LogP contribution in [0.15, 0.2) is 34.2 Å². The number of hydrogen-bond acceptors (Lipinski definition) is 4. The van der Waals surface area contributed by atoms with E-state index in [0.29, 0.717) is 26.1 Å². The summed E-state index contributed by atoms with van der Waals surface area (Å²) < 4.78 is 37.2. The number of thioether (sulfide) groups is 1. The van der Waals surface area contributed by atoms with Crippen molar-refractivity contribution in [3.05, 3.63) is 30.1 Å². The first-order chi connectivity index (χ1) is 11.9. The Kier molecular flexibility index (Phi) is 10.5. The van der Waals surface area contributed by atoms with Crippen molar-refractivity contribution in [3.63, 3.8) is 0 Å². The largest absolute Gasteiger partial charge is 0.357 e. The van der Waals surface area contributed by atoms with Crippen molar-refractivity contribution in [1.29, 1.82) is 0 Å². The SMILES string of the molecule is CCNC(=NCCCSc1ccc(F)cc1)NCCCNS(C)(=O)=O. The third-order valence-electron chi connectivity index (χ3n) is 3.01. The summed E-state index contributed by atoms with van der Waals surface area (Å²) in [5.74, 6) is 1.42. The molecule has 0 aliphatic carbocycles. The summed E-state index contributed by atoms with van der Waals surface area (Å²) in [5.41, 5.74) is 0. The smallest absolute Gasteiger partial charge is 0.208 e. The maximum Gasteiger partial charge on any atom is 0.208 e. The molecule has 1 aromatic carbocycles. The second kappa shape index (κ2) is 12.1. The van der Waals surface area contributed by atoms with Crippen LogP contribution in [0, 0.1) is 5.82 Å². The molecule has 3 N–H and O–H groups in total. The lowest BCUT2D eigenvalue weighted by Crippen LogP contribution is -2.38. The lowest BCUT2D eigenvalue weighted by atomic mass is 10.4. The summed E-state index contributed by atoms with van der Waals surface area (Å²) in [7, 11) is -3.13. The van der Waals surface area contributed by atoms with E-state index >= 15 is 0 Å². The molecular formula is C16H27FN4O2S2. The summed E-state index contributed by atoms with van der Waals surface area (Å²) in [6, 6.07) is 6.48. The molecule has 1 aromatic rings. The van der Waals surface area contributed by atoms with Gasteiger partial charge in [0.25, 0.3) is 0 Å². The average molecular weight is 391 g/mol. The second-order valence-corrected chi connectivity index (χ2v) is 8.36. The number of halogens is 1. The topological polar surface area (TPSA) is 82.6 Å². The molecule has 0 saturated carbocycles. The number of aliphatic imine (C=N–C) groups is 1. The minimum absolute atomic E-state index is 0.220. The molecule has 0 heterocycles. The van der Waals surface area contributed by atoms with Crippen LogP contribution in [0.25, 0.3) is 0 Å². The zero-order chi connectivity index (χ0) is 18.5. The van der Waals surface area contributed by atoms with E-state index in [9.17, 15) is 12.8 Å². The molecule has 0 aliphatic heterocycles. The Morgan fingerprint density at radius 3 is 2.52 bits per heavy atom. The van der Waals surface area contributed by atoms with Crippen molar-refractivity contribution in [2.75, 3.05) is 38.2 Å². The fraction of sp³-hybridized carbons (Fsp3) is 0.562. The molecule has 0 aromatic heterocycles. The van der Waals surface area contributed by atoms with Crippen LogP contribution < -0.4 is 15.4 Å². The second-order valence-electron chi connectivity index (χ2n) is 5.36. The van der Waals surface area contributed by atoms with Crippen LogP contribution in [0.1, 0.15) is 19.8 Å². The lowest BCUT2D eigenvalue weighted by Gasteiger charge is -2.11. The van der Waals surface area contributed by atoms with E-state index in [2.05, 4.69) is 20.3 Å². The van der Waals surface area contributed by atoms with Crippen LogP contribution in [-0.2, 0) is 10.0 Å². The van der Waals surface area contributed by atoms with E-state index in [-0.39, 0.29) is 5.82 Å². The molecule has 0 atom stereocenters. The Labute approximate surface area is 154 Å². The van der Waals surface area contributed by atoms with Gasteiger partial charge in [-0.25, -0.2) is 17.5 Å². The minimum Gasteiger partial charge on any atom is -0.357 e. The molecule has 0 aliphatic rings. The van der Waals surface area contributed by atoms with Crippen molar-refractivity contribution >= 4 is 27.7 Å². The van der Waals surface area contributed by atoms with Gasteiger partial charge in [-0.15, -0.1) is 11.8 Å². The first-order valence-corrected chi connectivity index (χ1v) is 11.1. The van der Waals surface area contributed by atoms with Crippen LogP contribution in [0.2, 0.25) is 0 Å². The van der Waals surface area contributed by atoms with Crippen LogP contribution >= 0.6 is 11.8 Å². The highest BCUT2D eigenvalue weighted by atomic mass is 32.2. The van der Waals surface area contributed by atoms with Gasteiger partial charge in [0.2, 0.25) is 10.0 Å². The molecule has 0 bridgehead atoms. The first kappa shape index (κ1) is 21.7. The summed E-state index contributed by atoms with van der Waals surface area (Å²) in [6.45, 7) is 4.48. The zero-order valence-corrected chi connectivity index (χ0v) is 16.4. The highest BCUT2D eigenvalue weighted by Crippen LogP contribution is 2.18. The summed E-state index contributed by atoms with van der Waals surface area (Å²) >= 11 is 1.68. The molecule has 25 heavy (non-hydrogen) atoms.